The summed E-state index contributed by atoms with van der Waals surface area (Å²) >= 11 is 0. The van der Waals surface area contributed by atoms with Crippen molar-refractivity contribution in [3.05, 3.63) is 54.6 Å². The van der Waals surface area contributed by atoms with E-state index in [0.717, 1.165) is 0 Å². The highest BCUT2D eigenvalue weighted by Crippen LogP contribution is 2.16. The average Bonchev–Trinajstić information content (AvgIpc) is 3.10. The maximum atomic E-state index is 11.9. The molecule has 0 radical (unpaired) electrons. The molecule has 7 heteroatoms. The molecule has 0 aliphatic heterocycles. The van der Waals surface area contributed by atoms with E-state index >= 15 is 0 Å². The quantitative estimate of drug-likeness (QED) is 0.705. The number of carbonyl (C=O) groups is 1. The van der Waals surface area contributed by atoms with Crippen LogP contribution in [-0.2, 0) is 0 Å². The smallest absolute Gasteiger partial charge is 0.277 e. The lowest BCUT2D eigenvalue weighted by Crippen LogP contribution is -2.13. The van der Waals surface area contributed by atoms with E-state index in [1.54, 1.807) is 29.1 Å². The molecule has 0 fully saturated rings. The Kier molecular flexibility index (Phi) is 2.92. The molecule has 2 heterocycles. The predicted octanol–water partition coefficient (Wildman–Crippen LogP) is 1.69. The molecule has 0 atom stereocenters. The number of amides is 1. The molecular weight excluding hydrogens is 258 g/mol. The van der Waals surface area contributed by atoms with Crippen LogP contribution in [0.1, 0.15) is 10.5 Å². The molecule has 3 N–H and O–H groups in total. The van der Waals surface area contributed by atoms with E-state index in [9.17, 15) is 4.79 Å². The molecule has 3 rings (SSSR count). The van der Waals surface area contributed by atoms with Crippen molar-refractivity contribution in [3.63, 3.8) is 0 Å². The van der Waals surface area contributed by atoms with Gasteiger partial charge in [-0.1, -0.05) is 17.3 Å². The zero-order valence-electron chi connectivity index (χ0n) is 10.4. The largest absolute Gasteiger partial charge is 0.397 e. The summed E-state index contributed by atoms with van der Waals surface area (Å²) in [5, 5.41) is 10.4. The van der Waals surface area contributed by atoms with Crippen molar-refractivity contribution >= 4 is 17.4 Å². The van der Waals surface area contributed by atoms with Crippen molar-refractivity contribution < 1.29 is 9.32 Å². The van der Waals surface area contributed by atoms with Gasteiger partial charge in [-0.3, -0.25) is 4.79 Å². The van der Waals surface area contributed by atoms with E-state index in [-0.39, 0.29) is 11.6 Å². The Labute approximate surface area is 114 Å². The minimum absolute atomic E-state index is 0.260. The first-order valence-electron chi connectivity index (χ1n) is 5.86. The van der Waals surface area contributed by atoms with Gasteiger partial charge in [0.25, 0.3) is 5.91 Å². The predicted molar refractivity (Wildman–Crippen MR) is 72.4 cm³/mol. The van der Waals surface area contributed by atoms with Gasteiger partial charge < -0.3 is 15.6 Å². The van der Waals surface area contributed by atoms with Gasteiger partial charge in [-0.05, 0) is 18.2 Å². The van der Waals surface area contributed by atoms with E-state index in [4.69, 9.17) is 5.73 Å². The third-order valence-electron chi connectivity index (χ3n) is 2.68. The average molecular weight is 269 g/mol. The van der Waals surface area contributed by atoms with Gasteiger partial charge in [0.1, 0.15) is 6.26 Å². The highest BCUT2D eigenvalue weighted by atomic mass is 16.5. The second-order valence-electron chi connectivity index (χ2n) is 4.04. The van der Waals surface area contributed by atoms with Crippen molar-refractivity contribution in [2.75, 3.05) is 11.1 Å². The Morgan fingerprint density at radius 2 is 2.10 bits per heavy atom. The number of rotatable bonds is 3. The van der Waals surface area contributed by atoms with Crippen molar-refractivity contribution in [3.8, 4) is 5.69 Å². The van der Waals surface area contributed by atoms with E-state index in [2.05, 4.69) is 20.1 Å². The van der Waals surface area contributed by atoms with Gasteiger partial charge in [0.15, 0.2) is 11.5 Å². The Bertz CT molecular complexity index is 733. The lowest BCUT2D eigenvalue weighted by Gasteiger charge is -2.04. The third-order valence-corrected chi connectivity index (χ3v) is 2.68. The van der Waals surface area contributed by atoms with Crippen LogP contribution in [0.25, 0.3) is 5.69 Å². The molecule has 0 aliphatic carbocycles. The molecule has 1 aromatic carbocycles. The number of aromatic nitrogens is 3. The highest BCUT2D eigenvalue weighted by molar-refractivity contribution is 6.02. The van der Waals surface area contributed by atoms with E-state index in [1.165, 1.54) is 6.26 Å². The SMILES string of the molecule is Nc1ccccc1-n1ccc(C(=O)Nc2ccon2)n1. The minimum Gasteiger partial charge on any atom is -0.397 e. The monoisotopic (exact) mass is 269 g/mol. The standard InChI is InChI=1S/C13H11N5O2/c14-9-3-1-2-4-11(9)18-7-5-10(16-18)13(19)15-12-6-8-20-17-12/h1-8H,14H2,(H,15,17,19). The molecule has 0 bridgehead atoms. The number of para-hydroxylation sites is 2. The van der Waals surface area contributed by atoms with Gasteiger partial charge >= 0.3 is 0 Å². The normalized spacial score (nSPS) is 10.4. The van der Waals surface area contributed by atoms with Gasteiger partial charge in [-0.25, -0.2) is 4.68 Å². The van der Waals surface area contributed by atoms with Crippen LogP contribution < -0.4 is 11.1 Å². The summed E-state index contributed by atoms with van der Waals surface area (Å²) in [6.07, 6.45) is 3.04. The second-order valence-corrected chi connectivity index (χ2v) is 4.04. The molecule has 0 spiro atoms. The van der Waals surface area contributed by atoms with Crippen LogP contribution in [0.4, 0.5) is 11.5 Å². The van der Waals surface area contributed by atoms with Crippen LogP contribution in [0.15, 0.2) is 53.4 Å². The number of hydrogen-bond donors (Lipinski definition) is 2. The molecule has 0 saturated heterocycles. The Hall–Kier alpha value is -3.09. The van der Waals surface area contributed by atoms with E-state index in [1.807, 2.05) is 18.2 Å². The Balaban J connectivity index is 1.83. The first-order chi connectivity index (χ1) is 9.74. The molecule has 3 aromatic rings. The molecule has 0 unspecified atom stereocenters. The van der Waals surface area contributed by atoms with Gasteiger partial charge in [0.2, 0.25) is 0 Å². The molecule has 100 valence electrons. The molecule has 2 aromatic heterocycles. The van der Waals surface area contributed by atoms with Crippen LogP contribution in [0.5, 0.6) is 0 Å². The fraction of sp³-hybridized carbons (Fsp3) is 0. The zero-order valence-corrected chi connectivity index (χ0v) is 10.4. The number of carbonyl (C=O) groups excluding carboxylic acids is 1. The van der Waals surface area contributed by atoms with Crippen molar-refractivity contribution in [2.45, 2.75) is 0 Å². The molecular formula is C13H11N5O2. The molecule has 1 amide bonds. The molecule has 7 nitrogen and oxygen atoms in total. The lowest BCUT2D eigenvalue weighted by atomic mass is 10.3. The highest BCUT2D eigenvalue weighted by Gasteiger charge is 2.12. The second kappa shape index (κ2) is 4.88. The van der Waals surface area contributed by atoms with E-state index in [0.29, 0.717) is 17.2 Å². The Morgan fingerprint density at radius 3 is 2.85 bits per heavy atom. The third kappa shape index (κ3) is 2.24. The van der Waals surface area contributed by atoms with E-state index < -0.39 is 0 Å². The van der Waals surface area contributed by atoms with Crippen LogP contribution in [-0.4, -0.2) is 20.8 Å². The number of nitrogens with zero attached hydrogens (tertiary/aromatic N) is 3. The van der Waals surface area contributed by atoms with Crippen LogP contribution in [0.2, 0.25) is 0 Å². The number of nitrogens with two attached hydrogens (primary N) is 1. The molecule has 0 aliphatic rings. The van der Waals surface area contributed by atoms with Crippen LogP contribution in [0, 0.1) is 0 Å². The number of benzene rings is 1. The maximum absolute atomic E-state index is 11.9. The summed E-state index contributed by atoms with van der Waals surface area (Å²) in [6, 6.07) is 10.4. The summed E-state index contributed by atoms with van der Waals surface area (Å²) in [5.41, 5.74) is 7.42. The summed E-state index contributed by atoms with van der Waals surface area (Å²) in [5.74, 6) is -0.0315. The summed E-state index contributed by atoms with van der Waals surface area (Å²) < 4.78 is 6.18. The van der Waals surface area contributed by atoms with Crippen molar-refractivity contribution in [2.24, 2.45) is 0 Å². The number of nitrogen functional groups attached to an aromatic ring is 1. The number of anilines is 2. The lowest BCUT2D eigenvalue weighted by molar-refractivity contribution is 0.102. The topological polar surface area (TPSA) is 99.0 Å². The van der Waals surface area contributed by atoms with Crippen LogP contribution in [0.3, 0.4) is 0 Å². The Morgan fingerprint density at radius 1 is 1.25 bits per heavy atom. The van der Waals surface area contributed by atoms with Crippen LogP contribution >= 0.6 is 0 Å². The number of nitrogens with one attached hydrogen (secondary N) is 1. The maximum Gasteiger partial charge on any atom is 0.277 e. The van der Waals surface area contributed by atoms with Gasteiger partial charge in [-0.2, -0.15) is 5.10 Å². The van der Waals surface area contributed by atoms with Gasteiger partial charge in [0, 0.05) is 12.3 Å². The molecule has 20 heavy (non-hydrogen) atoms. The molecule has 0 saturated carbocycles. The number of hydrogen-bond acceptors (Lipinski definition) is 5. The zero-order chi connectivity index (χ0) is 13.9. The summed E-state index contributed by atoms with van der Waals surface area (Å²) in [7, 11) is 0. The fourth-order valence-electron chi connectivity index (χ4n) is 1.73. The first kappa shape index (κ1) is 12.0. The van der Waals surface area contributed by atoms with Gasteiger partial charge in [0.05, 0.1) is 11.4 Å². The fourth-order valence-corrected chi connectivity index (χ4v) is 1.73. The van der Waals surface area contributed by atoms with Crippen molar-refractivity contribution in [1.82, 2.24) is 14.9 Å². The van der Waals surface area contributed by atoms with Gasteiger partial charge in [-0.15, -0.1) is 0 Å². The summed E-state index contributed by atoms with van der Waals surface area (Å²) in [4.78, 5) is 11.9. The first-order valence-corrected chi connectivity index (χ1v) is 5.86. The van der Waals surface area contributed by atoms with Crippen molar-refractivity contribution in [1.29, 1.82) is 0 Å². The summed E-state index contributed by atoms with van der Waals surface area (Å²) in [6.45, 7) is 0. The minimum atomic E-state index is -0.368.